The zero-order valence-electron chi connectivity index (χ0n) is 12.9. The van der Waals surface area contributed by atoms with Crippen molar-refractivity contribution in [1.82, 2.24) is 15.1 Å². The Kier molecular flexibility index (Phi) is 5.64. The molecule has 1 aliphatic rings. The molecule has 0 aliphatic carbocycles. The van der Waals surface area contributed by atoms with E-state index in [1.54, 1.807) is 0 Å². The highest BCUT2D eigenvalue weighted by atomic mass is 79.9. The molecule has 1 saturated heterocycles. The second-order valence-corrected chi connectivity index (χ2v) is 6.35. The van der Waals surface area contributed by atoms with Crippen LogP contribution in [-0.4, -0.2) is 35.1 Å². The molecule has 0 aromatic carbocycles. The zero-order valence-corrected chi connectivity index (χ0v) is 14.5. The predicted octanol–water partition coefficient (Wildman–Crippen LogP) is 2.92. The van der Waals surface area contributed by atoms with E-state index in [0.29, 0.717) is 18.1 Å². The van der Waals surface area contributed by atoms with Crippen molar-refractivity contribution in [3.63, 3.8) is 0 Å². The fourth-order valence-electron chi connectivity index (χ4n) is 3.19. The first kappa shape index (κ1) is 16.0. The molecule has 114 valence electrons. The summed E-state index contributed by atoms with van der Waals surface area (Å²) in [6.45, 7) is 11.4. The zero-order chi connectivity index (χ0) is 14.7. The minimum absolute atomic E-state index is 0.344. The largest absolute Gasteiger partial charge is 0.378 e. The number of nitrogens with one attached hydrogen (secondary N) is 1. The lowest BCUT2D eigenvalue weighted by atomic mass is 9.90. The van der Waals surface area contributed by atoms with E-state index in [1.165, 1.54) is 5.69 Å². The first-order chi connectivity index (χ1) is 9.58. The van der Waals surface area contributed by atoms with Gasteiger partial charge in [0.1, 0.15) is 0 Å². The second kappa shape index (κ2) is 7.05. The van der Waals surface area contributed by atoms with Gasteiger partial charge in [-0.25, -0.2) is 0 Å². The topological polar surface area (TPSA) is 39.1 Å². The van der Waals surface area contributed by atoms with Crippen LogP contribution in [0.2, 0.25) is 0 Å². The van der Waals surface area contributed by atoms with Crippen LogP contribution < -0.4 is 5.32 Å². The molecule has 5 heteroatoms. The van der Waals surface area contributed by atoms with Gasteiger partial charge in [-0.05, 0) is 49.7 Å². The van der Waals surface area contributed by atoms with Crippen molar-refractivity contribution >= 4 is 15.9 Å². The summed E-state index contributed by atoms with van der Waals surface area (Å²) in [6.07, 6.45) is 2.49. The average Bonchev–Trinajstić information content (AvgIpc) is 2.96. The van der Waals surface area contributed by atoms with Crippen LogP contribution in [0.25, 0.3) is 0 Å². The summed E-state index contributed by atoms with van der Waals surface area (Å²) >= 11 is 3.70. The number of halogens is 1. The quantitative estimate of drug-likeness (QED) is 0.863. The van der Waals surface area contributed by atoms with Gasteiger partial charge in [0.05, 0.1) is 22.0 Å². The molecule has 4 nitrogen and oxygen atoms in total. The smallest absolute Gasteiger partial charge is 0.0738 e. The van der Waals surface area contributed by atoms with Gasteiger partial charge in [0.2, 0.25) is 0 Å². The van der Waals surface area contributed by atoms with Crippen molar-refractivity contribution in [2.75, 3.05) is 13.2 Å². The van der Waals surface area contributed by atoms with Crippen molar-refractivity contribution in [2.24, 2.45) is 5.92 Å². The van der Waals surface area contributed by atoms with E-state index in [0.717, 1.165) is 42.7 Å². The molecule has 0 radical (unpaired) electrons. The molecule has 2 rings (SSSR count). The van der Waals surface area contributed by atoms with Gasteiger partial charge >= 0.3 is 0 Å². The third-order valence-corrected chi connectivity index (χ3v) is 5.32. The highest BCUT2D eigenvalue weighted by Gasteiger charge is 2.32. The average molecular weight is 344 g/mol. The van der Waals surface area contributed by atoms with E-state index in [-0.39, 0.29) is 0 Å². The first-order valence-electron chi connectivity index (χ1n) is 7.65. The number of hydrogen-bond donors (Lipinski definition) is 1. The molecular weight excluding hydrogens is 318 g/mol. The normalized spacial score (nSPS) is 24.2. The maximum absolute atomic E-state index is 5.75. The first-order valence-corrected chi connectivity index (χ1v) is 8.44. The van der Waals surface area contributed by atoms with Gasteiger partial charge in [0.15, 0.2) is 0 Å². The summed E-state index contributed by atoms with van der Waals surface area (Å²) in [5, 5.41) is 8.25. The van der Waals surface area contributed by atoms with Crippen LogP contribution in [0, 0.1) is 12.8 Å². The summed E-state index contributed by atoms with van der Waals surface area (Å²) in [4.78, 5) is 0. The lowest BCUT2D eigenvalue weighted by Gasteiger charge is -2.27. The van der Waals surface area contributed by atoms with Gasteiger partial charge in [0, 0.05) is 31.5 Å². The number of aromatic nitrogens is 2. The summed E-state index contributed by atoms with van der Waals surface area (Å²) < 4.78 is 9.02. The monoisotopic (exact) mass is 343 g/mol. The number of aryl methyl sites for hydroxylation is 2. The Morgan fingerprint density at radius 1 is 1.50 bits per heavy atom. The van der Waals surface area contributed by atoms with Crippen LogP contribution in [0.4, 0.5) is 0 Å². The lowest BCUT2D eigenvalue weighted by Crippen LogP contribution is -2.41. The molecule has 20 heavy (non-hydrogen) atoms. The number of nitrogens with zero attached hydrogens (tertiary/aromatic N) is 2. The van der Waals surface area contributed by atoms with Crippen LogP contribution in [0.15, 0.2) is 4.47 Å². The van der Waals surface area contributed by atoms with E-state index >= 15 is 0 Å². The van der Waals surface area contributed by atoms with Crippen LogP contribution in [0.5, 0.6) is 0 Å². The van der Waals surface area contributed by atoms with Crippen LogP contribution in [0.1, 0.15) is 38.6 Å². The third kappa shape index (κ3) is 3.26. The van der Waals surface area contributed by atoms with Crippen molar-refractivity contribution in [3.8, 4) is 0 Å². The van der Waals surface area contributed by atoms with Gasteiger partial charge < -0.3 is 10.1 Å². The predicted molar refractivity (Wildman–Crippen MR) is 85.0 cm³/mol. The SMILES string of the molecule is CCNC(Cc1c(Br)c(C)nn1CC)C1CCOC1C. The Labute approximate surface area is 130 Å². The summed E-state index contributed by atoms with van der Waals surface area (Å²) in [6, 6.07) is 0.454. The molecule has 3 unspecified atom stereocenters. The number of hydrogen-bond acceptors (Lipinski definition) is 3. The number of ether oxygens (including phenoxy) is 1. The molecule has 0 amide bonds. The minimum atomic E-state index is 0.344. The standard InChI is InChI=1S/C15H26BrN3O/c1-5-17-13(12-7-8-20-11(12)4)9-14-15(16)10(3)18-19(14)6-2/h11-13,17H,5-9H2,1-4H3. The van der Waals surface area contributed by atoms with Crippen molar-refractivity contribution in [3.05, 3.63) is 15.9 Å². The molecule has 1 N–H and O–H groups in total. The Balaban J connectivity index is 2.19. The fraction of sp³-hybridized carbons (Fsp3) is 0.800. The Hall–Kier alpha value is -0.390. The highest BCUT2D eigenvalue weighted by molar-refractivity contribution is 9.10. The summed E-state index contributed by atoms with van der Waals surface area (Å²) in [5.41, 5.74) is 2.38. The molecule has 1 fully saturated rings. The Morgan fingerprint density at radius 3 is 2.80 bits per heavy atom. The van der Waals surface area contributed by atoms with Crippen molar-refractivity contribution in [2.45, 2.75) is 59.2 Å². The molecule has 1 aliphatic heterocycles. The van der Waals surface area contributed by atoms with E-state index < -0.39 is 0 Å². The molecule has 0 spiro atoms. The van der Waals surface area contributed by atoms with E-state index in [1.807, 2.05) is 0 Å². The van der Waals surface area contributed by atoms with Gasteiger partial charge in [-0.1, -0.05) is 6.92 Å². The fourth-order valence-corrected chi connectivity index (χ4v) is 3.63. The van der Waals surface area contributed by atoms with Crippen LogP contribution in [-0.2, 0) is 17.7 Å². The van der Waals surface area contributed by atoms with Crippen LogP contribution in [0.3, 0.4) is 0 Å². The second-order valence-electron chi connectivity index (χ2n) is 5.56. The molecule has 1 aromatic rings. The molecule has 0 saturated carbocycles. The number of rotatable bonds is 6. The van der Waals surface area contributed by atoms with Crippen molar-refractivity contribution < 1.29 is 4.74 Å². The van der Waals surface area contributed by atoms with Gasteiger partial charge in [-0.2, -0.15) is 5.10 Å². The van der Waals surface area contributed by atoms with Crippen molar-refractivity contribution in [1.29, 1.82) is 0 Å². The highest BCUT2D eigenvalue weighted by Crippen LogP contribution is 2.29. The molecule has 1 aromatic heterocycles. The molecule has 0 bridgehead atoms. The van der Waals surface area contributed by atoms with E-state index in [9.17, 15) is 0 Å². The maximum atomic E-state index is 5.75. The minimum Gasteiger partial charge on any atom is -0.378 e. The third-order valence-electron chi connectivity index (χ3n) is 4.28. The molecule has 3 atom stereocenters. The van der Waals surface area contributed by atoms with Gasteiger partial charge in [-0.15, -0.1) is 0 Å². The van der Waals surface area contributed by atoms with Gasteiger partial charge in [-0.3, -0.25) is 4.68 Å². The molecular formula is C15H26BrN3O. The van der Waals surface area contributed by atoms with E-state index in [4.69, 9.17) is 4.74 Å². The lowest BCUT2D eigenvalue weighted by molar-refractivity contribution is 0.0953. The molecule has 2 heterocycles. The Morgan fingerprint density at radius 2 is 2.25 bits per heavy atom. The summed E-state index contributed by atoms with van der Waals surface area (Å²) in [7, 11) is 0. The Bertz CT molecular complexity index is 447. The summed E-state index contributed by atoms with van der Waals surface area (Å²) in [5.74, 6) is 0.586. The van der Waals surface area contributed by atoms with E-state index in [2.05, 4.69) is 58.7 Å². The van der Waals surface area contributed by atoms with Gasteiger partial charge in [0.25, 0.3) is 0 Å². The van der Waals surface area contributed by atoms with Crippen LogP contribution >= 0.6 is 15.9 Å². The number of likely N-dealkylation sites (N-methyl/N-ethyl adjacent to an activating group) is 1. The maximum Gasteiger partial charge on any atom is 0.0738 e.